The van der Waals surface area contributed by atoms with Crippen LogP contribution in [-0.4, -0.2) is 6.29 Å². The molecule has 3 aromatic carbocycles. The second kappa shape index (κ2) is 7.93. The molecule has 0 radical (unpaired) electrons. The van der Waals surface area contributed by atoms with Crippen LogP contribution in [-0.2, 0) is 16.1 Å². The zero-order chi connectivity index (χ0) is 16.6. The number of benzene rings is 3. The van der Waals surface area contributed by atoms with Gasteiger partial charge in [-0.3, -0.25) is 4.79 Å². The Hall–Kier alpha value is -3.13. The predicted molar refractivity (Wildman–Crippen MR) is 97.0 cm³/mol. The number of ether oxygens (including phenoxy) is 1. The molecule has 0 unspecified atom stereocenters. The highest BCUT2D eigenvalue weighted by atomic mass is 16.5. The molecule has 0 fully saturated rings. The maximum Gasteiger partial charge on any atom is 0.154 e. The minimum absolute atomic E-state index is 0.412. The van der Waals surface area contributed by atoms with E-state index in [2.05, 4.69) is 0 Å². The SMILES string of the molecule is O=CC(=C(OCc1ccccc1)c1ccccc1)c1ccccc1. The van der Waals surface area contributed by atoms with Crippen LogP contribution in [0, 0.1) is 0 Å². The summed E-state index contributed by atoms with van der Waals surface area (Å²) < 4.78 is 6.07. The molecule has 0 aliphatic heterocycles. The van der Waals surface area contributed by atoms with Crippen LogP contribution in [0.5, 0.6) is 0 Å². The van der Waals surface area contributed by atoms with Crippen LogP contribution in [0.3, 0.4) is 0 Å². The van der Waals surface area contributed by atoms with Gasteiger partial charge >= 0.3 is 0 Å². The summed E-state index contributed by atoms with van der Waals surface area (Å²) in [5, 5.41) is 0. The summed E-state index contributed by atoms with van der Waals surface area (Å²) in [5.74, 6) is 0.598. The molecule has 0 aliphatic carbocycles. The standard InChI is InChI=1S/C22H18O2/c23-16-21(19-12-6-2-7-13-19)22(20-14-8-3-9-15-20)24-17-18-10-4-1-5-11-18/h1-16H,17H2. The topological polar surface area (TPSA) is 26.3 Å². The first-order valence-electron chi connectivity index (χ1n) is 7.85. The van der Waals surface area contributed by atoms with Crippen LogP contribution >= 0.6 is 0 Å². The van der Waals surface area contributed by atoms with Gasteiger partial charge in [-0.2, -0.15) is 0 Å². The molecule has 0 N–H and O–H groups in total. The van der Waals surface area contributed by atoms with E-state index in [1.165, 1.54) is 0 Å². The van der Waals surface area contributed by atoms with Crippen LogP contribution < -0.4 is 0 Å². The largest absolute Gasteiger partial charge is 0.488 e. The molecule has 0 aromatic heterocycles. The van der Waals surface area contributed by atoms with Crippen molar-refractivity contribution in [3.05, 3.63) is 108 Å². The van der Waals surface area contributed by atoms with Gasteiger partial charge in [-0.1, -0.05) is 91.0 Å². The highest BCUT2D eigenvalue weighted by Gasteiger charge is 2.13. The maximum atomic E-state index is 11.8. The lowest BCUT2D eigenvalue weighted by Crippen LogP contribution is -1.99. The Morgan fingerprint density at radius 2 is 1.21 bits per heavy atom. The van der Waals surface area contributed by atoms with Gasteiger partial charge in [-0.05, 0) is 11.1 Å². The first-order valence-corrected chi connectivity index (χ1v) is 7.85. The number of allylic oxidation sites excluding steroid dienone is 1. The summed E-state index contributed by atoms with van der Waals surface area (Å²) in [5.41, 5.74) is 3.35. The Kier molecular flexibility index (Phi) is 5.21. The zero-order valence-corrected chi connectivity index (χ0v) is 13.3. The average Bonchev–Trinajstić information content (AvgIpc) is 2.67. The van der Waals surface area contributed by atoms with Crippen molar-refractivity contribution in [3.8, 4) is 0 Å². The van der Waals surface area contributed by atoms with Crippen LogP contribution in [0.1, 0.15) is 16.7 Å². The minimum Gasteiger partial charge on any atom is -0.488 e. The Labute approximate surface area is 142 Å². The Morgan fingerprint density at radius 1 is 0.708 bits per heavy atom. The van der Waals surface area contributed by atoms with Crippen molar-refractivity contribution in [2.45, 2.75) is 6.61 Å². The average molecular weight is 314 g/mol. The smallest absolute Gasteiger partial charge is 0.154 e. The van der Waals surface area contributed by atoms with Gasteiger partial charge in [0.1, 0.15) is 12.4 Å². The third-order valence-corrected chi connectivity index (χ3v) is 3.71. The molecule has 3 rings (SSSR count). The highest BCUT2D eigenvalue weighted by molar-refractivity contribution is 6.15. The molecule has 0 atom stereocenters. The molecule has 3 aromatic rings. The third kappa shape index (κ3) is 3.79. The fraction of sp³-hybridized carbons (Fsp3) is 0.0455. The summed E-state index contributed by atoms with van der Waals surface area (Å²) in [6.45, 7) is 0.412. The third-order valence-electron chi connectivity index (χ3n) is 3.71. The van der Waals surface area contributed by atoms with Crippen molar-refractivity contribution in [2.75, 3.05) is 0 Å². The van der Waals surface area contributed by atoms with E-state index in [0.29, 0.717) is 17.9 Å². The fourth-order valence-electron chi connectivity index (χ4n) is 2.51. The van der Waals surface area contributed by atoms with Gasteiger partial charge in [0.25, 0.3) is 0 Å². The quantitative estimate of drug-likeness (QED) is 0.278. The summed E-state index contributed by atoms with van der Waals surface area (Å²) >= 11 is 0. The van der Waals surface area contributed by atoms with E-state index in [1.54, 1.807) is 0 Å². The van der Waals surface area contributed by atoms with Gasteiger partial charge < -0.3 is 4.74 Å². The van der Waals surface area contributed by atoms with Crippen molar-refractivity contribution >= 4 is 17.6 Å². The second-order valence-electron chi connectivity index (χ2n) is 5.37. The van der Waals surface area contributed by atoms with Gasteiger partial charge in [0.05, 0.1) is 5.57 Å². The van der Waals surface area contributed by atoms with E-state index in [9.17, 15) is 4.79 Å². The lowest BCUT2D eigenvalue weighted by atomic mass is 10.0. The molecular weight excluding hydrogens is 296 g/mol. The molecule has 2 heteroatoms. The van der Waals surface area contributed by atoms with Gasteiger partial charge in [-0.25, -0.2) is 0 Å². The van der Waals surface area contributed by atoms with Crippen molar-refractivity contribution in [3.63, 3.8) is 0 Å². The number of aldehydes is 1. The Bertz CT molecular complexity index is 806. The Balaban J connectivity index is 2.01. The number of hydrogen-bond acceptors (Lipinski definition) is 2. The van der Waals surface area contributed by atoms with E-state index in [-0.39, 0.29) is 0 Å². The van der Waals surface area contributed by atoms with Crippen LogP contribution in [0.25, 0.3) is 11.3 Å². The van der Waals surface area contributed by atoms with Crippen molar-refractivity contribution in [2.24, 2.45) is 0 Å². The van der Waals surface area contributed by atoms with Crippen LogP contribution in [0.4, 0.5) is 0 Å². The molecule has 0 aliphatic rings. The summed E-state index contributed by atoms with van der Waals surface area (Å²) in [6, 6.07) is 29.2. The first-order chi connectivity index (χ1) is 11.9. The van der Waals surface area contributed by atoms with E-state index < -0.39 is 0 Å². The molecule has 0 heterocycles. The fourth-order valence-corrected chi connectivity index (χ4v) is 2.51. The van der Waals surface area contributed by atoms with E-state index in [1.807, 2.05) is 91.0 Å². The number of hydrogen-bond donors (Lipinski definition) is 0. The lowest BCUT2D eigenvalue weighted by Gasteiger charge is -2.14. The second-order valence-corrected chi connectivity index (χ2v) is 5.37. The zero-order valence-electron chi connectivity index (χ0n) is 13.3. The number of rotatable bonds is 6. The first kappa shape index (κ1) is 15.8. The van der Waals surface area contributed by atoms with Crippen LogP contribution in [0.2, 0.25) is 0 Å². The molecule has 118 valence electrons. The van der Waals surface area contributed by atoms with E-state index >= 15 is 0 Å². The molecule has 24 heavy (non-hydrogen) atoms. The molecule has 2 nitrogen and oxygen atoms in total. The monoisotopic (exact) mass is 314 g/mol. The van der Waals surface area contributed by atoms with Crippen molar-refractivity contribution < 1.29 is 9.53 Å². The van der Waals surface area contributed by atoms with Crippen molar-refractivity contribution in [1.82, 2.24) is 0 Å². The normalized spacial score (nSPS) is 11.5. The lowest BCUT2D eigenvalue weighted by molar-refractivity contribution is -0.103. The van der Waals surface area contributed by atoms with E-state index in [4.69, 9.17) is 4.74 Å². The molecular formula is C22H18O2. The number of carbonyl (C=O) groups excluding carboxylic acids is 1. The summed E-state index contributed by atoms with van der Waals surface area (Å²) in [6.07, 6.45) is 0.864. The van der Waals surface area contributed by atoms with Crippen molar-refractivity contribution in [1.29, 1.82) is 0 Å². The van der Waals surface area contributed by atoms with Gasteiger partial charge in [0.15, 0.2) is 6.29 Å². The molecule has 0 saturated carbocycles. The molecule has 0 spiro atoms. The predicted octanol–water partition coefficient (Wildman–Crippen LogP) is 4.97. The van der Waals surface area contributed by atoms with Crippen LogP contribution in [0.15, 0.2) is 91.0 Å². The minimum atomic E-state index is 0.412. The van der Waals surface area contributed by atoms with Gasteiger partial charge in [0.2, 0.25) is 0 Å². The molecule has 0 amide bonds. The molecule has 0 bridgehead atoms. The summed E-state index contributed by atoms with van der Waals surface area (Å²) in [4.78, 5) is 11.8. The van der Waals surface area contributed by atoms with E-state index in [0.717, 1.165) is 23.0 Å². The van der Waals surface area contributed by atoms with Gasteiger partial charge in [-0.15, -0.1) is 0 Å². The highest BCUT2D eigenvalue weighted by Crippen LogP contribution is 2.27. The van der Waals surface area contributed by atoms with Gasteiger partial charge in [0, 0.05) is 5.56 Å². The summed E-state index contributed by atoms with van der Waals surface area (Å²) in [7, 11) is 0. The maximum absolute atomic E-state index is 11.8. The molecule has 0 saturated heterocycles. The Morgan fingerprint density at radius 3 is 1.75 bits per heavy atom. The number of carbonyl (C=O) groups is 1.